The molecule has 1 aliphatic heterocycles. The van der Waals surface area contributed by atoms with E-state index in [2.05, 4.69) is 5.48 Å². The Kier molecular flexibility index (Phi) is 5.44. The van der Waals surface area contributed by atoms with Crippen molar-refractivity contribution in [3.8, 4) is 5.75 Å². The van der Waals surface area contributed by atoms with Crippen LogP contribution in [-0.2, 0) is 4.84 Å². The predicted octanol–water partition coefficient (Wildman–Crippen LogP) is 3.10. The van der Waals surface area contributed by atoms with Gasteiger partial charge in [0, 0.05) is 4.90 Å². The van der Waals surface area contributed by atoms with E-state index < -0.39 is 5.97 Å². The van der Waals surface area contributed by atoms with Gasteiger partial charge in [-0.25, -0.2) is 4.79 Å². The fraction of sp³-hybridized carbons (Fsp3) is 0.357. The Bertz CT molecular complexity index is 587. The quantitative estimate of drug-likeness (QED) is 0.614. The summed E-state index contributed by atoms with van der Waals surface area (Å²) < 4.78 is 5.73. The van der Waals surface area contributed by atoms with Crippen LogP contribution < -0.4 is 10.2 Å². The average Bonchev–Trinajstić information content (AvgIpc) is 2.50. The molecule has 0 aliphatic carbocycles. The van der Waals surface area contributed by atoms with Crippen molar-refractivity contribution in [1.82, 2.24) is 5.48 Å². The third-order valence-electron chi connectivity index (χ3n) is 2.96. The van der Waals surface area contributed by atoms with Gasteiger partial charge in [0.15, 0.2) is 0 Å². The maximum Gasteiger partial charge on any atom is 0.336 e. The highest BCUT2D eigenvalue weighted by atomic mass is 32.2. The lowest BCUT2D eigenvalue weighted by atomic mass is 10.0. The molecule has 0 aromatic heterocycles. The largest absolute Gasteiger partial charge is 0.488 e. The third kappa shape index (κ3) is 3.14. The Hall–Kier alpha value is -1.31. The minimum Gasteiger partial charge on any atom is -0.488 e. The second-order valence-corrected chi connectivity index (χ2v) is 5.80. The van der Waals surface area contributed by atoms with Gasteiger partial charge in [0.05, 0.1) is 28.3 Å². The van der Waals surface area contributed by atoms with Gasteiger partial charge < -0.3 is 9.84 Å². The molecule has 7 heteroatoms. The lowest BCUT2D eigenvalue weighted by Crippen LogP contribution is -2.20. The zero-order valence-corrected chi connectivity index (χ0v) is 13.7. The fourth-order valence-corrected chi connectivity index (χ4v) is 3.44. The summed E-state index contributed by atoms with van der Waals surface area (Å²) in [5, 5.41) is 9.45. The second-order valence-electron chi connectivity index (χ2n) is 4.13. The first-order chi connectivity index (χ1) is 10.1. The van der Waals surface area contributed by atoms with Gasteiger partial charge in [0.2, 0.25) is 0 Å². The summed E-state index contributed by atoms with van der Waals surface area (Å²) in [6.45, 7) is 2.82. The smallest absolute Gasteiger partial charge is 0.336 e. The van der Waals surface area contributed by atoms with Crippen molar-refractivity contribution in [2.24, 2.45) is 0 Å². The van der Waals surface area contributed by atoms with Gasteiger partial charge in [-0.05, 0) is 31.6 Å². The van der Waals surface area contributed by atoms with Gasteiger partial charge >= 0.3 is 5.97 Å². The molecule has 1 aliphatic rings. The van der Waals surface area contributed by atoms with E-state index in [-0.39, 0.29) is 5.56 Å². The number of ether oxygens (including phenoxy) is 1. The number of hydrogen-bond donors (Lipinski definition) is 2. The number of carboxylic acids is 1. The van der Waals surface area contributed by atoms with Crippen LogP contribution in [0.3, 0.4) is 0 Å². The van der Waals surface area contributed by atoms with Gasteiger partial charge in [0.25, 0.3) is 0 Å². The molecule has 0 radical (unpaired) electrons. The Morgan fingerprint density at radius 3 is 2.81 bits per heavy atom. The number of benzene rings is 1. The average molecular weight is 327 g/mol. The molecule has 0 unspecified atom stereocenters. The van der Waals surface area contributed by atoms with Crippen molar-refractivity contribution in [3.63, 3.8) is 0 Å². The monoisotopic (exact) mass is 327 g/mol. The van der Waals surface area contributed by atoms with Gasteiger partial charge in [-0.1, -0.05) is 0 Å². The van der Waals surface area contributed by atoms with Crippen molar-refractivity contribution >= 4 is 35.2 Å². The number of carbonyl (C=O) groups is 1. The van der Waals surface area contributed by atoms with E-state index in [0.717, 1.165) is 16.2 Å². The number of fused-ring (bicyclic) bond motifs is 1. The van der Waals surface area contributed by atoms with Gasteiger partial charge in [-0.3, -0.25) is 10.3 Å². The molecule has 2 rings (SSSR count). The Morgan fingerprint density at radius 2 is 2.24 bits per heavy atom. The minimum atomic E-state index is -0.946. The number of thioether (sulfide) groups is 2. The zero-order valence-electron chi connectivity index (χ0n) is 12.1. The van der Waals surface area contributed by atoms with E-state index in [0.29, 0.717) is 23.9 Å². The molecule has 0 fully saturated rings. The molecule has 1 aromatic rings. The van der Waals surface area contributed by atoms with Crippen molar-refractivity contribution in [3.05, 3.63) is 23.3 Å². The summed E-state index contributed by atoms with van der Waals surface area (Å²) in [6.07, 6.45) is 5.61. The molecule has 0 saturated carbocycles. The first-order valence-corrected chi connectivity index (χ1v) is 8.82. The van der Waals surface area contributed by atoms with E-state index in [1.165, 1.54) is 23.5 Å². The van der Waals surface area contributed by atoms with E-state index >= 15 is 0 Å². The summed E-state index contributed by atoms with van der Waals surface area (Å²) in [7, 11) is 0. The normalized spacial score (nSPS) is 13.2. The second kappa shape index (κ2) is 7.11. The Morgan fingerprint density at radius 1 is 1.48 bits per heavy atom. The van der Waals surface area contributed by atoms with Crippen molar-refractivity contribution in [1.29, 1.82) is 0 Å². The van der Waals surface area contributed by atoms with Crippen LogP contribution in [0.1, 0.15) is 22.8 Å². The molecule has 0 amide bonds. The summed E-state index contributed by atoms with van der Waals surface area (Å²) in [5.41, 5.74) is 4.67. The zero-order chi connectivity index (χ0) is 15.4. The first-order valence-electron chi connectivity index (χ1n) is 6.37. The number of nitrogens with one attached hydrogen (secondary N) is 1. The molecule has 0 spiro atoms. The SMILES string of the molecule is CCONC1=CCOc2c(SC)cc(C(=O)O)c(SC)c21. The van der Waals surface area contributed by atoms with Crippen molar-refractivity contribution < 1.29 is 19.5 Å². The highest BCUT2D eigenvalue weighted by molar-refractivity contribution is 7.99. The van der Waals surface area contributed by atoms with Crippen LogP contribution >= 0.6 is 23.5 Å². The van der Waals surface area contributed by atoms with E-state index in [1.54, 1.807) is 6.07 Å². The molecule has 2 N–H and O–H groups in total. The molecule has 1 heterocycles. The fourth-order valence-electron chi connectivity index (χ4n) is 2.09. The third-order valence-corrected chi connectivity index (χ3v) is 4.54. The molecule has 114 valence electrons. The van der Waals surface area contributed by atoms with Crippen LogP contribution in [0, 0.1) is 0 Å². The van der Waals surface area contributed by atoms with Crippen LogP contribution in [0.2, 0.25) is 0 Å². The Labute approximate surface area is 132 Å². The number of rotatable bonds is 6. The van der Waals surface area contributed by atoms with E-state index in [9.17, 15) is 9.90 Å². The predicted molar refractivity (Wildman–Crippen MR) is 85.2 cm³/mol. The number of aromatic carboxylic acids is 1. The van der Waals surface area contributed by atoms with E-state index in [1.807, 2.05) is 25.5 Å². The summed E-state index contributed by atoms with van der Waals surface area (Å²) in [6, 6.07) is 1.67. The molecule has 0 bridgehead atoms. The van der Waals surface area contributed by atoms with Crippen LogP contribution in [0.25, 0.3) is 5.70 Å². The van der Waals surface area contributed by atoms with Gasteiger partial charge in [-0.15, -0.1) is 23.5 Å². The van der Waals surface area contributed by atoms with Crippen LogP contribution in [0.5, 0.6) is 5.75 Å². The highest BCUT2D eigenvalue weighted by Crippen LogP contribution is 2.44. The molecule has 0 saturated heterocycles. The summed E-state index contributed by atoms with van der Waals surface area (Å²) in [5.74, 6) is -0.236. The summed E-state index contributed by atoms with van der Waals surface area (Å²) >= 11 is 2.85. The minimum absolute atomic E-state index is 0.278. The molecular weight excluding hydrogens is 310 g/mol. The molecule has 0 atom stereocenters. The van der Waals surface area contributed by atoms with Crippen molar-refractivity contribution in [2.75, 3.05) is 25.7 Å². The maximum absolute atomic E-state index is 11.5. The Balaban J connectivity index is 2.65. The number of hydrogen-bond acceptors (Lipinski definition) is 6. The van der Waals surface area contributed by atoms with Crippen LogP contribution in [0.4, 0.5) is 0 Å². The van der Waals surface area contributed by atoms with E-state index in [4.69, 9.17) is 9.57 Å². The maximum atomic E-state index is 11.5. The topological polar surface area (TPSA) is 67.8 Å². The number of hydroxylamine groups is 1. The highest BCUT2D eigenvalue weighted by Gasteiger charge is 2.26. The lowest BCUT2D eigenvalue weighted by molar-refractivity contribution is 0.0692. The first kappa shape index (κ1) is 16.1. The lowest BCUT2D eigenvalue weighted by Gasteiger charge is -2.24. The van der Waals surface area contributed by atoms with Gasteiger partial charge in [0.1, 0.15) is 12.4 Å². The van der Waals surface area contributed by atoms with Crippen LogP contribution in [0.15, 0.2) is 21.9 Å². The van der Waals surface area contributed by atoms with Gasteiger partial charge in [-0.2, -0.15) is 0 Å². The van der Waals surface area contributed by atoms with Crippen molar-refractivity contribution in [2.45, 2.75) is 16.7 Å². The summed E-state index contributed by atoms with van der Waals surface area (Å²) in [4.78, 5) is 18.3. The molecule has 1 aromatic carbocycles. The number of carboxylic acid groups (broad SMARTS) is 1. The van der Waals surface area contributed by atoms with Crippen LogP contribution in [-0.4, -0.2) is 36.8 Å². The molecule has 5 nitrogen and oxygen atoms in total. The standard InChI is InChI=1S/C14H17NO4S2/c1-4-19-15-9-5-6-18-12-10(20-2)7-8(14(16)17)13(21-3)11(9)12/h5,7,15H,4,6H2,1-3H3,(H,16,17). The molecular formula is C14H17NO4S2. The molecule has 21 heavy (non-hydrogen) atoms.